The molecule has 1 saturated heterocycles. The number of anilines is 1. The number of pyridine rings is 1. The highest BCUT2D eigenvalue weighted by molar-refractivity contribution is 7.12. The molecule has 1 aliphatic heterocycles. The van der Waals surface area contributed by atoms with E-state index in [2.05, 4.69) is 10.3 Å². The van der Waals surface area contributed by atoms with Crippen LogP contribution in [0.25, 0.3) is 0 Å². The van der Waals surface area contributed by atoms with Gasteiger partial charge in [-0.2, -0.15) is 0 Å². The normalized spacial score (nSPS) is 21.0. The van der Waals surface area contributed by atoms with Crippen LogP contribution in [-0.2, 0) is 16.1 Å². The number of nitrogens with zero attached hydrogens (tertiary/aromatic N) is 1. The molecule has 0 radical (unpaired) electrons. The van der Waals surface area contributed by atoms with Crippen LogP contribution in [-0.4, -0.2) is 36.3 Å². The Bertz CT molecular complexity index is 647. The molecule has 1 amide bonds. The lowest BCUT2D eigenvalue weighted by molar-refractivity contribution is -0.0743. The molecule has 6 nitrogen and oxygen atoms in total. The largest absolute Gasteiger partial charge is 0.397 e. The third-order valence-electron chi connectivity index (χ3n) is 3.69. The number of ether oxygens (including phenoxy) is 2. The summed E-state index contributed by atoms with van der Waals surface area (Å²) in [7, 11) is 0. The summed E-state index contributed by atoms with van der Waals surface area (Å²) < 4.78 is 11.4. The lowest BCUT2D eigenvalue weighted by Crippen LogP contribution is -2.49. The van der Waals surface area contributed by atoms with Gasteiger partial charge >= 0.3 is 0 Å². The molecule has 0 saturated carbocycles. The molecule has 7 heteroatoms. The average molecular weight is 333 g/mol. The molecule has 1 aliphatic rings. The van der Waals surface area contributed by atoms with Crippen LogP contribution < -0.4 is 11.1 Å². The number of nitrogens with one attached hydrogen (secondary N) is 1. The SMILES string of the molecule is Nc1ccsc1C(=O)N[C@@H]1CCOC[C@H]1OCc1ccccn1. The number of hydrogen-bond acceptors (Lipinski definition) is 6. The number of nitrogens with two attached hydrogens (primary N) is 1. The van der Waals surface area contributed by atoms with Crippen molar-refractivity contribution in [2.75, 3.05) is 18.9 Å². The maximum absolute atomic E-state index is 12.3. The van der Waals surface area contributed by atoms with Crippen LogP contribution in [0.4, 0.5) is 5.69 Å². The molecule has 1 fully saturated rings. The third-order valence-corrected chi connectivity index (χ3v) is 4.62. The Morgan fingerprint density at radius 3 is 3.13 bits per heavy atom. The predicted molar refractivity (Wildman–Crippen MR) is 88.2 cm³/mol. The molecule has 3 N–H and O–H groups in total. The van der Waals surface area contributed by atoms with E-state index in [-0.39, 0.29) is 18.1 Å². The minimum absolute atomic E-state index is 0.0959. The van der Waals surface area contributed by atoms with E-state index < -0.39 is 0 Å². The summed E-state index contributed by atoms with van der Waals surface area (Å²) in [4.78, 5) is 17.1. The van der Waals surface area contributed by atoms with Crippen LogP contribution in [0.3, 0.4) is 0 Å². The maximum Gasteiger partial charge on any atom is 0.263 e. The van der Waals surface area contributed by atoms with Crippen molar-refractivity contribution in [2.45, 2.75) is 25.2 Å². The van der Waals surface area contributed by atoms with Crippen LogP contribution in [0.5, 0.6) is 0 Å². The third kappa shape index (κ3) is 4.07. The van der Waals surface area contributed by atoms with Crippen LogP contribution in [0, 0.1) is 0 Å². The summed E-state index contributed by atoms with van der Waals surface area (Å²) in [5.41, 5.74) is 7.16. The first-order valence-corrected chi connectivity index (χ1v) is 8.35. The number of carbonyl (C=O) groups excluding carboxylic acids is 1. The Kier molecular flexibility index (Phi) is 5.22. The van der Waals surface area contributed by atoms with Gasteiger partial charge in [-0.1, -0.05) is 6.07 Å². The number of hydrogen-bond donors (Lipinski definition) is 2. The fraction of sp³-hybridized carbons (Fsp3) is 0.375. The van der Waals surface area contributed by atoms with Gasteiger partial charge in [-0.3, -0.25) is 9.78 Å². The van der Waals surface area contributed by atoms with E-state index in [0.29, 0.717) is 36.8 Å². The Balaban J connectivity index is 1.60. The lowest BCUT2D eigenvalue weighted by atomic mass is 10.1. The number of amides is 1. The van der Waals surface area contributed by atoms with E-state index in [4.69, 9.17) is 15.2 Å². The van der Waals surface area contributed by atoms with E-state index >= 15 is 0 Å². The Hall–Kier alpha value is -1.96. The molecule has 3 rings (SSSR count). The van der Waals surface area contributed by atoms with Crippen molar-refractivity contribution in [1.82, 2.24) is 10.3 Å². The number of thiophene rings is 1. The molecule has 2 atom stereocenters. The van der Waals surface area contributed by atoms with Crippen molar-refractivity contribution in [3.63, 3.8) is 0 Å². The maximum atomic E-state index is 12.3. The van der Waals surface area contributed by atoms with Crippen molar-refractivity contribution < 1.29 is 14.3 Å². The zero-order chi connectivity index (χ0) is 16.1. The van der Waals surface area contributed by atoms with Gasteiger partial charge in [0.1, 0.15) is 11.0 Å². The quantitative estimate of drug-likeness (QED) is 0.872. The van der Waals surface area contributed by atoms with Crippen molar-refractivity contribution >= 4 is 22.9 Å². The highest BCUT2D eigenvalue weighted by Crippen LogP contribution is 2.20. The Labute approximate surface area is 138 Å². The molecule has 0 unspecified atom stereocenters. The van der Waals surface area contributed by atoms with E-state index in [1.54, 1.807) is 12.3 Å². The smallest absolute Gasteiger partial charge is 0.263 e. The average Bonchev–Trinajstić information content (AvgIpc) is 3.01. The zero-order valence-electron chi connectivity index (χ0n) is 12.6. The summed E-state index contributed by atoms with van der Waals surface area (Å²) in [5, 5.41) is 4.82. The lowest BCUT2D eigenvalue weighted by Gasteiger charge is -2.32. The molecular formula is C16H19N3O3S. The second-order valence-electron chi connectivity index (χ2n) is 5.32. The first kappa shape index (κ1) is 15.9. The summed E-state index contributed by atoms with van der Waals surface area (Å²) in [6.07, 6.45) is 2.25. The van der Waals surface area contributed by atoms with Crippen LogP contribution >= 0.6 is 11.3 Å². The summed E-state index contributed by atoms with van der Waals surface area (Å²) in [6.45, 7) is 1.45. The van der Waals surface area contributed by atoms with Gasteiger partial charge < -0.3 is 20.5 Å². The van der Waals surface area contributed by atoms with Gasteiger partial charge in [0.2, 0.25) is 0 Å². The monoisotopic (exact) mass is 333 g/mol. The second kappa shape index (κ2) is 7.54. The van der Waals surface area contributed by atoms with Crippen LogP contribution in [0.15, 0.2) is 35.8 Å². The minimum Gasteiger partial charge on any atom is -0.397 e. The van der Waals surface area contributed by atoms with Gasteiger partial charge in [-0.25, -0.2) is 0 Å². The topological polar surface area (TPSA) is 86.5 Å². The van der Waals surface area contributed by atoms with Crippen molar-refractivity contribution in [1.29, 1.82) is 0 Å². The number of nitrogen functional groups attached to an aromatic ring is 1. The molecule has 0 spiro atoms. The summed E-state index contributed by atoms with van der Waals surface area (Å²) in [6, 6.07) is 7.33. The summed E-state index contributed by atoms with van der Waals surface area (Å²) in [5.74, 6) is -0.157. The molecule has 0 aromatic carbocycles. The first-order chi connectivity index (χ1) is 11.2. The summed E-state index contributed by atoms with van der Waals surface area (Å²) >= 11 is 1.34. The van der Waals surface area contributed by atoms with Crippen molar-refractivity contribution in [2.24, 2.45) is 0 Å². The number of aromatic nitrogens is 1. The van der Waals surface area contributed by atoms with Crippen LogP contribution in [0.2, 0.25) is 0 Å². The second-order valence-corrected chi connectivity index (χ2v) is 6.24. The molecule has 2 aromatic rings. The molecule has 2 aromatic heterocycles. The standard InChI is InChI=1S/C16H19N3O3S/c17-12-5-8-23-15(12)16(20)19-13-4-7-21-10-14(13)22-9-11-3-1-2-6-18-11/h1-3,5-6,8,13-14H,4,7,9-10,17H2,(H,19,20)/t13-,14-/m1/s1. The fourth-order valence-electron chi connectivity index (χ4n) is 2.45. The zero-order valence-corrected chi connectivity index (χ0v) is 13.4. The van der Waals surface area contributed by atoms with E-state index in [9.17, 15) is 4.79 Å². The molecule has 23 heavy (non-hydrogen) atoms. The molecular weight excluding hydrogens is 314 g/mol. The van der Waals surface area contributed by atoms with Crippen LogP contribution in [0.1, 0.15) is 21.8 Å². The minimum atomic E-state index is -0.198. The van der Waals surface area contributed by atoms with E-state index in [1.165, 1.54) is 11.3 Å². The van der Waals surface area contributed by atoms with E-state index in [1.807, 2.05) is 23.6 Å². The van der Waals surface area contributed by atoms with Gasteiger partial charge in [-0.15, -0.1) is 11.3 Å². The van der Waals surface area contributed by atoms with Crippen molar-refractivity contribution in [3.8, 4) is 0 Å². The fourth-order valence-corrected chi connectivity index (χ4v) is 3.18. The van der Waals surface area contributed by atoms with Gasteiger partial charge in [-0.05, 0) is 30.0 Å². The van der Waals surface area contributed by atoms with Gasteiger partial charge in [0, 0.05) is 12.8 Å². The molecule has 0 aliphatic carbocycles. The highest BCUT2D eigenvalue weighted by atomic mass is 32.1. The van der Waals surface area contributed by atoms with Gasteiger partial charge in [0.05, 0.1) is 30.6 Å². The van der Waals surface area contributed by atoms with E-state index in [0.717, 1.165) is 5.69 Å². The van der Waals surface area contributed by atoms with Gasteiger partial charge in [0.25, 0.3) is 5.91 Å². The predicted octanol–water partition coefficient (Wildman–Crippen LogP) is 1.83. The first-order valence-electron chi connectivity index (χ1n) is 7.47. The van der Waals surface area contributed by atoms with Gasteiger partial charge in [0.15, 0.2) is 0 Å². The number of rotatable bonds is 5. The molecule has 3 heterocycles. The molecule has 122 valence electrons. The Morgan fingerprint density at radius 2 is 2.39 bits per heavy atom. The number of carbonyl (C=O) groups is 1. The van der Waals surface area contributed by atoms with Crippen molar-refractivity contribution in [3.05, 3.63) is 46.4 Å². The highest BCUT2D eigenvalue weighted by Gasteiger charge is 2.29. The molecule has 0 bridgehead atoms. The Morgan fingerprint density at radius 1 is 1.48 bits per heavy atom.